The number of hydrazone groups is 1. The van der Waals surface area contributed by atoms with Gasteiger partial charge in [-0.05, 0) is 24.6 Å². The van der Waals surface area contributed by atoms with Crippen molar-refractivity contribution in [3.63, 3.8) is 0 Å². The third kappa shape index (κ3) is 3.62. The molecule has 32 heavy (non-hydrogen) atoms. The molecule has 3 aromatic carbocycles. The maximum atomic E-state index is 12.3. The molecule has 1 aromatic heterocycles. The molecule has 5 heteroatoms. The lowest BCUT2D eigenvalue weighted by Gasteiger charge is -2.20. The molecular formula is C27H24N4O. The van der Waals surface area contributed by atoms with E-state index in [1.807, 2.05) is 72.9 Å². The van der Waals surface area contributed by atoms with Crippen molar-refractivity contribution in [1.82, 2.24) is 9.99 Å². The number of hydrogen-bond acceptors (Lipinski definition) is 3. The fourth-order valence-electron chi connectivity index (χ4n) is 4.33. The lowest BCUT2D eigenvalue weighted by Crippen LogP contribution is -2.24. The Hall–Kier alpha value is -3.99. The Labute approximate surface area is 187 Å². The second-order valence-electron chi connectivity index (χ2n) is 8.03. The predicted octanol–water partition coefficient (Wildman–Crippen LogP) is 5.92. The molecule has 5 rings (SSSR count). The van der Waals surface area contributed by atoms with E-state index in [1.165, 1.54) is 0 Å². The first-order valence-corrected chi connectivity index (χ1v) is 10.7. The summed E-state index contributed by atoms with van der Waals surface area (Å²) >= 11 is 0. The second kappa shape index (κ2) is 8.27. The van der Waals surface area contributed by atoms with E-state index < -0.39 is 0 Å². The Morgan fingerprint density at radius 3 is 2.56 bits per heavy atom. The number of hydrogen-bond donors (Lipinski definition) is 1. The minimum Gasteiger partial charge on any atom is -0.358 e. The van der Waals surface area contributed by atoms with E-state index in [9.17, 15) is 4.79 Å². The number of nitrogens with zero attached hydrogens (tertiary/aromatic N) is 3. The van der Waals surface area contributed by atoms with Gasteiger partial charge in [-0.3, -0.25) is 9.79 Å². The third-order valence-electron chi connectivity index (χ3n) is 5.91. The Morgan fingerprint density at radius 2 is 1.75 bits per heavy atom. The van der Waals surface area contributed by atoms with Crippen molar-refractivity contribution in [2.24, 2.45) is 10.1 Å². The first-order chi connectivity index (χ1) is 15.6. The SMILES string of the molecule is CC(=O)N1N=C(c2ccccc2N=Cc2c(C)[nH]c3ccccc23)CC1c1ccccc1. The molecule has 1 aliphatic rings. The van der Waals surface area contributed by atoms with E-state index in [0.29, 0.717) is 6.42 Å². The molecule has 1 amide bonds. The van der Waals surface area contributed by atoms with Crippen LogP contribution in [0.15, 0.2) is 89.0 Å². The lowest BCUT2D eigenvalue weighted by atomic mass is 9.97. The van der Waals surface area contributed by atoms with Crippen LogP contribution in [0, 0.1) is 6.92 Å². The highest BCUT2D eigenvalue weighted by molar-refractivity contribution is 6.08. The van der Waals surface area contributed by atoms with Crippen LogP contribution < -0.4 is 0 Å². The van der Waals surface area contributed by atoms with Crippen LogP contribution in [0.4, 0.5) is 5.69 Å². The smallest absolute Gasteiger partial charge is 0.240 e. The number of nitrogens with one attached hydrogen (secondary N) is 1. The van der Waals surface area contributed by atoms with Crippen molar-refractivity contribution in [1.29, 1.82) is 0 Å². The number of aliphatic imine (C=N–C) groups is 1. The zero-order valence-corrected chi connectivity index (χ0v) is 18.1. The molecule has 0 saturated carbocycles. The highest BCUT2D eigenvalue weighted by Crippen LogP contribution is 2.35. The van der Waals surface area contributed by atoms with Gasteiger partial charge in [-0.25, -0.2) is 5.01 Å². The molecule has 5 nitrogen and oxygen atoms in total. The number of benzene rings is 3. The molecule has 1 N–H and O–H groups in total. The van der Waals surface area contributed by atoms with Gasteiger partial charge < -0.3 is 4.98 Å². The van der Waals surface area contributed by atoms with Crippen molar-refractivity contribution in [2.75, 3.05) is 0 Å². The van der Waals surface area contributed by atoms with Crippen molar-refractivity contribution in [3.8, 4) is 0 Å². The van der Waals surface area contributed by atoms with Crippen molar-refractivity contribution < 1.29 is 4.79 Å². The van der Waals surface area contributed by atoms with E-state index in [1.54, 1.807) is 11.9 Å². The van der Waals surface area contributed by atoms with Crippen LogP contribution in [0.3, 0.4) is 0 Å². The zero-order chi connectivity index (χ0) is 22.1. The fourth-order valence-corrected chi connectivity index (χ4v) is 4.33. The number of para-hydroxylation sites is 2. The largest absolute Gasteiger partial charge is 0.358 e. The van der Waals surface area contributed by atoms with Gasteiger partial charge in [0.05, 0.1) is 17.4 Å². The van der Waals surface area contributed by atoms with Gasteiger partial charge in [0.1, 0.15) is 0 Å². The Kier molecular flexibility index (Phi) is 5.15. The summed E-state index contributed by atoms with van der Waals surface area (Å²) in [5.74, 6) is -0.0655. The number of carbonyl (C=O) groups is 1. The molecule has 0 fully saturated rings. The maximum absolute atomic E-state index is 12.3. The number of aromatic nitrogens is 1. The first-order valence-electron chi connectivity index (χ1n) is 10.7. The van der Waals surface area contributed by atoms with Gasteiger partial charge in [0, 0.05) is 47.3 Å². The van der Waals surface area contributed by atoms with E-state index in [2.05, 4.69) is 24.0 Å². The van der Waals surface area contributed by atoms with Crippen LogP contribution in [-0.2, 0) is 4.79 Å². The minimum absolute atomic E-state index is 0.0655. The first kappa shape index (κ1) is 19.9. The number of aryl methyl sites for hydroxylation is 1. The molecule has 1 aliphatic heterocycles. The van der Waals surface area contributed by atoms with Crippen molar-refractivity contribution in [3.05, 3.63) is 101 Å². The second-order valence-corrected chi connectivity index (χ2v) is 8.03. The van der Waals surface area contributed by atoms with E-state index in [-0.39, 0.29) is 11.9 Å². The number of fused-ring (bicyclic) bond motifs is 1. The van der Waals surface area contributed by atoms with Crippen LogP contribution in [0.25, 0.3) is 10.9 Å². The summed E-state index contributed by atoms with van der Waals surface area (Å²) in [6, 6.07) is 26.2. The summed E-state index contributed by atoms with van der Waals surface area (Å²) < 4.78 is 0. The van der Waals surface area contributed by atoms with Gasteiger partial charge in [0.25, 0.3) is 0 Å². The summed E-state index contributed by atoms with van der Waals surface area (Å²) in [6.07, 6.45) is 2.57. The average Bonchev–Trinajstić information content (AvgIpc) is 3.40. The van der Waals surface area contributed by atoms with Crippen molar-refractivity contribution in [2.45, 2.75) is 26.3 Å². The molecule has 0 aliphatic carbocycles. The fraction of sp³-hybridized carbons (Fsp3) is 0.148. The highest BCUT2D eigenvalue weighted by Gasteiger charge is 2.31. The number of carbonyl (C=O) groups excluding carboxylic acids is 1. The van der Waals surface area contributed by atoms with Crippen LogP contribution in [-0.4, -0.2) is 27.8 Å². The summed E-state index contributed by atoms with van der Waals surface area (Å²) in [4.78, 5) is 20.6. The summed E-state index contributed by atoms with van der Waals surface area (Å²) in [7, 11) is 0. The summed E-state index contributed by atoms with van der Waals surface area (Å²) in [5.41, 5.74) is 7.00. The van der Waals surface area contributed by atoms with E-state index >= 15 is 0 Å². The molecule has 1 atom stereocenters. The van der Waals surface area contributed by atoms with Gasteiger partial charge in [0.15, 0.2) is 0 Å². The topological polar surface area (TPSA) is 60.8 Å². The molecule has 0 bridgehead atoms. The molecule has 2 heterocycles. The standard InChI is InChI=1S/C27H24N4O/c1-18-23(21-12-6-9-15-25(21)29-18)17-28-24-14-8-7-13-22(24)26-16-27(31(30-26)19(2)32)20-10-4-3-5-11-20/h3-15,17,27,29H,16H2,1-2H3. The van der Waals surface area contributed by atoms with Crippen molar-refractivity contribution >= 4 is 34.4 Å². The monoisotopic (exact) mass is 420 g/mol. The average molecular weight is 421 g/mol. The lowest BCUT2D eigenvalue weighted by molar-refractivity contribution is -0.130. The molecule has 0 radical (unpaired) electrons. The molecule has 4 aromatic rings. The van der Waals surface area contributed by atoms with Crippen LogP contribution in [0.5, 0.6) is 0 Å². The summed E-state index contributed by atoms with van der Waals surface area (Å²) in [5, 5.41) is 7.45. The van der Waals surface area contributed by atoms with Crippen LogP contribution >= 0.6 is 0 Å². The quantitative estimate of drug-likeness (QED) is 0.409. The van der Waals surface area contributed by atoms with Gasteiger partial charge in [-0.2, -0.15) is 5.10 Å². The molecule has 0 spiro atoms. The Morgan fingerprint density at radius 1 is 1.03 bits per heavy atom. The zero-order valence-electron chi connectivity index (χ0n) is 18.1. The molecular weight excluding hydrogens is 396 g/mol. The third-order valence-corrected chi connectivity index (χ3v) is 5.91. The normalized spacial score (nSPS) is 16.1. The number of H-pyrrole nitrogens is 1. The Bertz CT molecular complexity index is 1350. The van der Waals surface area contributed by atoms with Gasteiger partial charge in [0.2, 0.25) is 5.91 Å². The van der Waals surface area contributed by atoms with Crippen LogP contribution in [0.1, 0.15) is 41.8 Å². The molecule has 1 unspecified atom stereocenters. The Balaban J connectivity index is 1.51. The minimum atomic E-state index is -0.100. The van der Waals surface area contributed by atoms with Gasteiger partial charge >= 0.3 is 0 Å². The molecule has 0 saturated heterocycles. The van der Waals surface area contributed by atoms with Gasteiger partial charge in [-0.1, -0.05) is 66.7 Å². The number of aromatic amines is 1. The van der Waals surface area contributed by atoms with E-state index in [0.717, 1.165) is 44.7 Å². The van der Waals surface area contributed by atoms with Gasteiger partial charge in [-0.15, -0.1) is 0 Å². The van der Waals surface area contributed by atoms with E-state index in [4.69, 9.17) is 10.1 Å². The van der Waals surface area contributed by atoms with Crippen LogP contribution in [0.2, 0.25) is 0 Å². The summed E-state index contributed by atoms with van der Waals surface area (Å²) in [6.45, 7) is 3.62. The maximum Gasteiger partial charge on any atom is 0.240 e. The highest BCUT2D eigenvalue weighted by atomic mass is 16.2. The number of rotatable bonds is 4. The number of amides is 1. The molecule has 158 valence electrons. The predicted molar refractivity (Wildman–Crippen MR) is 130 cm³/mol.